The predicted molar refractivity (Wildman–Crippen MR) is 114 cm³/mol. The minimum atomic E-state index is -0.0258. The molecule has 0 saturated heterocycles. The van der Waals surface area contributed by atoms with Crippen molar-refractivity contribution in [3.05, 3.63) is 44.3 Å². The second kappa shape index (κ2) is 8.92. The minimum Gasteiger partial charge on any atom is -0.379 e. The smallest absolute Gasteiger partial charge is 0.277 e. The fourth-order valence-corrected chi connectivity index (χ4v) is 4.11. The number of rotatable bonds is 7. The zero-order valence-corrected chi connectivity index (χ0v) is 17.5. The summed E-state index contributed by atoms with van der Waals surface area (Å²) in [6, 6.07) is 4.21. The number of anilines is 1. The maximum atomic E-state index is 13.0. The van der Waals surface area contributed by atoms with E-state index in [9.17, 15) is 4.79 Å². The third-order valence-electron chi connectivity index (χ3n) is 5.46. The number of halogens is 1. The van der Waals surface area contributed by atoms with Gasteiger partial charge < -0.3 is 5.32 Å². The number of fused-ring (bicyclic) bond motifs is 1. The molecule has 3 rings (SSSR count). The second-order valence-corrected chi connectivity index (χ2v) is 7.82. The van der Waals surface area contributed by atoms with Gasteiger partial charge in [0.05, 0.1) is 10.7 Å². The molecule has 0 aliphatic heterocycles. The summed E-state index contributed by atoms with van der Waals surface area (Å²) in [4.78, 5) is 17.9. The number of hydrogen-bond acceptors (Lipinski definition) is 3. The van der Waals surface area contributed by atoms with Crippen LogP contribution in [-0.4, -0.2) is 16.1 Å². The van der Waals surface area contributed by atoms with Crippen molar-refractivity contribution in [3.63, 3.8) is 0 Å². The molecular formula is C22H30ClN3O. The first-order chi connectivity index (χ1) is 13.1. The highest BCUT2D eigenvalue weighted by atomic mass is 35.5. The maximum Gasteiger partial charge on any atom is 0.277 e. The van der Waals surface area contributed by atoms with E-state index in [1.807, 2.05) is 6.92 Å². The maximum absolute atomic E-state index is 13.0. The highest BCUT2D eigenvalue weighted by molar-refractivity contribution is 6.33. The first-order valence-corrected chi connectivity index (χ1v) is 10.6. The molecule has 2 aromatic rings. The van der Waals surface area contributed by atoms with Crippen molar-refractivity contribution in [1.29, 1.82) is 0 Å². The van der Waals surface area contributed by atoms with Gasteiger partial charge in [-0.1, -0.05) is 38.3 Å². The summed E-state index contributed by atoms with van der Waals surface area (Å²) in [7, 11) is 1.79. The monoisotopic (exact) mass is 387 g/mol. The summed E-state index contributed by atoms with van der Waals surface area (Å²) in [5.74, 6) is 0.661. The van der Waals surface area contributed by atoms with E-state index in [-0.39, 0.29) is 5.56 Å². The van der Waals surface area contributed by atoms with E-state index in [1.165, 1.54) is 24.0 Å². The molecule has 1 heterocycles. The van der Waals surface area contributed by atoms with Crippen LogP contribution in [0.3, 0.4) is 0 Å². The number of nitrogens with one attached hydrogen (secondary N) is 1. The number of nitrogens with zero attached hydrogens (tertiary/aromatic N) is 2. The van der Waals surface area contributed by atoms with Gasteiger partial charge in [0, 0.05) is 19.2 Å². The molecule has 1 N–H and O–H groups in total. The van der Waals surface area contributed by atoms with Gasteiger partial charge >= 0.3 is 0 Å². The Bertz CT molecular complexity index is 873. The minimum absolute atomic E-state index is 0.0258. The molecular weight excluding hydrogens is 358 g/mol. The molecule has 1 aliphatic rings. The van der Waals surface area contributed by atoms with Crippen LogP contribution in [0.4, 0.5) is 5.69 Å². The van der Waals surface area contributed by atoms with E-state index in [0.717, 1.165) is 49.9 Å². The van der Waals surface area contributed by atoms with Gasteiger partial charge in [-0.15, -0.1) is 0 Å². The average Bonchev–Trinajstić information content (AvgIpc) is 2.68. The first-order valence-electron chi connectivity index (χ1n) is 10.2. The van der Waals surface area contributed by atoms with E-state index in [2.05, 4.69) is 24.4 Å². The summed E-state index contributed by atoms with van der Waals surface area (Å²) in [6.45, 7) is 5.02. The number of hydrogen-bond donors (Lipinski definition) is 1. The summed E-state index contributed by atoms with van der Waals surface area (Å²) in [5.41, 5.74) is 4.97. The third kappa shape index (κ3) is 4.21. The molecule has 0 saturated carbocycles. The van der Waals surface area contributed by atoms with E-state index in [1.54, 1.807) is 11.6 Å². The number of aromatic nitrogens is 2. The Kier molecular flexibility index (Phi) is 6.59. The van der Waals surface area contributed by atoms with Gasteiger partial charge in [0.2, 0.25) is 0 Å². The summed E-state index contributed by atoms with van der Waals surface area (Å²) in [5, 5.41) is 4.01. The van der Waals surface area contributed by atoms with Crippen LogP contribution in [0, 0.1) is 0 Å². The number of unbranched alkanes of at least 4 members (excludes halogenated alkanes) is 2. The van der Waals surface area contributed by atoms with Crippen LogP contribution in [0.2, 0.25) is 5.02 Å². The van der Waals surface area contributed by atoms with Crippen LogP contribution < -0.4 is 10.9 Å². The van der Waals surface area contributed by atoms with Crippen molar-refractivity contribution in [3.8, 4) is 11.4 Å². The van der Waals surface area contributed by atoms with E-state index in [0.29, 0.717) is 23.0 Å². The van der Waals surface area contributed by atoms with E-state index in [4.69, 9.17) is 16.6 Å². The van der Waals surface area contributed by atoms with Crippen LogP contribution in [0.25, 0.3) is 11.4 Å². The topological polar surface area (TPSA) is 46.9 Å². The molecule has 0 atom stereocenters. The Morgan fingerprint density at radius 3 is 2.52 bits per heavy atom. The van der Waals surface area contributed by atoms with Crippen molar-refractivity contribution in [2.75, 3.05) is 11.9 Å². The van der Waals surface area contributed by atoms with Crippen molar-refractivity contribution >= 4 is 17.3 Å². The zero-order valence-electron chi connectivity index (χ0n) is 16.7. The molecule has 0 radical (unpaired) electrons. The highest BCUT2D eigenvalue weighted by Gasteiger charge is 2.19. The second-order valence-electron chi connectivity index (χ2n) is 7.42. The van der Waals surface area contributed by atoms with Gasteiger partial charge in [0.25, 0.3) is 5.56 Å². The largest absolute Gasteiger partial charge is 0.379 e. The lowest BCUT2D eigenvalue weighted by molar-refractivity contribution is 0.685. The number of benzene rings is 1. The molecule has 0 spiro atoms. The van der Waals surface area contributed by atoms with Crippen LogP contribution in [0.15, 0.2) is 16.9 Å². The van der Waals surface area contributed by atoms with Crippen molar-refractivity contribution in [1.82, 2.24) is 9.55 Å². The molecule has 146 valence electrons. The Hall–Kier alpha value is -1.81. The van der Waals surface area contributed by atoms with Crippen LogP contribution in [0.1, 0.15) is 62.8 Å². The first kappa shape index (κ1) is 19.9. The van der Waals surface area contributed by atoms with Gasteiger partial charge in [-0.05, 0) is 61.8 Å². The predicted octanol–water partition coefficient (Wildman–Crippen LogP) is 5.14. The third-order valence-corrected chi connectivity index (χ3v) is 5.77. The lowest BCUT2D eigenvalue weighted by Crippen LogP contribution is -2.26. The zero-order chi connectivity index (χ0) is 19.4. The molecule has 1 aromatic heterocycles. The molecule has 0 bridgehead atoms. The van der Waals surface area contributed by atoms with Gasteiger partial charge in [0.15, 0.2) is 0 Å². The lowest BCUT2D eigenvalue weighted by Gasteiger charge is -2.20. The summed E-state index contributed by atoms with van der Waals surface area (Å²) in [6.07, 6.45) is 8.68. The van der Waals surface area contributed by atoms with Crippen LogP contribution in [-0.2, 0) is 26.3 Å². The summed E-state index contributed by atoms with van der Waals surface area (Å²) < 4.78 is 1.64. The Morgan fingerprint density at radius 2 is 1.85 bits per heavy atom. The van der Waals surface area contributed by atoms with Crippen LogP contribution >= 0.6 is 11.6 Å². The Labute approximate surface area is 167 Å². The van der Waals surface area contributed by atoms with Crippen molar-refractivity contribution in [2.24, 2.45) is 7.05 Å². The van der Waals surface area contributed by atoms with Gasteiger partial charge in [-0.2, -0.15) is 0 Å². The van der Waals surface area contributed by atoms with E-state index >= 15 is 0 Å². The molecule has 0 amide bonds. The van der Waals surface area contributed by atoms with Crippen LogP contribution in [0.5, 0.6) is 0 Å². The SMILES string of the molecule is CCCCCNc1c(CC)nc(-c2cc3c(cc2Cl)CCCC3)n(C)c1=O. The van der Waals surface area contributed by atoms with Crippen molar-refractivity contribution < 1.29 is 0 Å². The molecule has 1 aliphatic carbocycles. The highest BCUT2D eigenvalue weighted by Crippen LogP contribution is 2.33. The normalized spacial score (nSPS) is 13.5. The Morgan fingerprint density at radius 1 is 1.15 bits per heavy atom. The van der Waals surface area contributed by atoms with E-state index < -0.39 is 0 Å². The molecule has 1 aromatic carbocycles. The molecule has 5 heteroatoms. The Balaban J connectivity index is 2.02. The standard InChI is InChI=1S/C22H30ClN3O/c1-4-6-9-12-24-20-19(5-2)25-21(26(3)22(20)27)17-13-15-10-7-8-11-16(15)14-18(17)23/h13-14,24H,4-12H2,1-3H3. The molecule has 27 heavy (non-hydrogen) atoms. The lowest BCUT2D eigenvalue weighted by atomic mass is 9.90. The fraction of sp³-hybridized carbons (Fsp3) is 0.545. The average molecular weight is 388 g/mol. The molecule has 0 fully saturated rings. The van der Waals surface area contributed by atoms with Gasteiger partial charge in [-0.25, -0.2) is 4.98 Å². The van der Waals surface area contributed by atoms with Gasteiger partial charge in [0.1, 0.15) is 11.5 Å². The summed E-state index contributed by atoms with van der Waals surface area (Å²) >= 11 is 6.60. The van der Waals surface area contributed by atoms with Crippen molar-refractivity contribution in [2.45, 2.75) is 65.2 Å². The fourth-order valence-electron chi connectivity index (χ4n) is 3.84. The quantitative estimate of drug-likeness (QED) is 0.668. The molecule has 0 unspecified atom stereocenters. The van der Waals surface area contributed by atoms with Gasteiger partial charge in [-0.3, -0.25) is 9.36 Å². The number of aryl methyl sites for hydroxylation is 3. The molecule has 4 nitrogen and oxygen atoms in total.